The van der Waals surface area contributed by atoms with Crippen molar-refractivity contribution >= 4 is 0 Å². The summed E-state index contributed by atoms with van der Waals surface area (Å²) in [5.41, 5.74) is -0.164. The summed E-state index contributed by atoms with van der Waals surface area (Å²) in [5, 5.41) is 17.4. The Morgan fingerprint density at radius 3 is 2.64 bits per heavy atom. The lowest BCUT2D eigenvalue weighted by Crippen LogP contribution is -2.33. The van der Waals surface area contributed by atoms with Crippen LogP contribution in [-0.2, 0) is 0 Å². The van der Waals surface area contributed by atoms with Gasteiger partial charge in [0.05, 0.1) is 0 Å². The lowest BCUT2D eigenvalue weighted by atomic mass is 10.1. The normalized spacial score (nSPS) is 20.8. The van der Waals surface area contributed by atoms with Crippen molar-refractivity contribution in [2.24, 2.45) is 0 Å². The Morgan fingerprint density at radius 2 is 2.36 bits per heavy atom. The summed E-state index contributed by atoms with van der Waals surface area (Å²) in [7, 11) is 0. The Balaban J connectivity index is 0.000000140. The number of H-pyrrole nitrogens is 1. The first-order valence-corrected chi connectivity index (χ1v) is 4.70. The predicted octanol–water partition coefficient (Wildman–Crippen LogP) is -0.152. The van der Waals surface area contributed by atoms with Crippen LogP contribution < -0.4 is 10.9 Å². The number of nitrogens with one attached hydrogen (secondary N) is 2. The molecular weight excluding hydrogens is 182 g/mol. The van der Waals surface area contributed by atoms with Crippen LogP contribution in [0.4, 0.5) is 0 Å². The third kappa shape index (κ3) is 4.74. The van der Waals surface area contributed by atoms with E-state index in [2.05, 4.69) is 15.5 Å². The second kappa shape index (κ2) is 6.28. The molecule has 1 aromatic rings. The van der Waals surface area contributed by atoms with Gasteiger partial charge in [-0.15, -0.1) is 0 Å². The van der Waals surface area contributed by atoms with Crippen LogP contribution in [0.15, 0.2) is 23.1 Å². The molecule has 0 aliphatic carbocycles. The minimum atomic E-state index is -0.214. The molecule has 1 atom stereocenters. The molecular formula is C9H15N3O2. The molecule has 0 aromatic carbocycles. The number of hydrogen-bond donors (Lipinski definition) is 3. The number of aromatic amines is 1. The van der Waals surface area contributed by atoms with E-state index in [4.69, 9.17) is 5.11 Å². The average molecular weight is 197 g/mol. The van der Waals surface area contributed by atoms with Crippen LogP contribution in [0.25, 0.3) is 0 Å². The maximum absolute atomic E-state index is 10.2. The van der Waals surface area contributed by atoms with E-state index < -0.39 is 0 Å². The molecule has 78 valence electrons. The Kier molecular flexibility index (Phi) is 4.88. The van der Waals surface area contributed by atoms with Crippen LogP contribution in [0.5, 0.6) is 0 Å². The van der Waals surface area contributed by atoms with Crippen molar-refractivity contribution < 1.29 is 5.11 Å². The fourth-order valence-electron chi connectivity index (χ4n) is 1.15. The van der Waals surface area contributed by atoms with E-state index in [-0.39, 0.29) is 11.8 Å². The highest BCUT2D eigenvalue weighted by Crippen LogP contribution is 2.02. The molecule has 5 nitrogen and oxygen atoms in total. The molecule has 1 saturated heterocycles. The van der Waals surface area contributed by atoms with Gasteiger partial charge in [-0.25, -0.2) is 5.10 Å². The van der Waals surface area contributed by atoms with Crippen LogP contribution in [-0.4, -0.2) is 28.1 Å². The van der Waals surface area contributed by atoms with E-state index in [1.54, 1.807) is 6.07 Å². The molecule has 14 heavy (non-hydrogen) atoms. The first-order valence-electron chi connectivity index (χ1n) is 4.70. The lowest BCUT2D eigenvalue weighted by molar-refractivity contribution is 0.108. The lowest BCUT2D eigenvalue weighted by Gasteiger charge is -2.17. The molecule has 1 aliphatic heterocycles. The van der Waals surface area contributed by atoms with Gasteiger partial charge in [-0.2, -0.15) is 5.10 Å². The maximum atomic E-state index is 10.2. The van der Waals surface area contributed by atoms with Gasteiger partial charge < -0.3 is 5.11 Å². The van der Waals surface area contributed by atoms with Crippen molar-refractivity contribution in [1.82, 2.24) is 15.5 Å². The Morgan fingerprint density at radius 1 is 1.50 bits per heavy atom. The van der Waals surface area contributed by atoms with E-state index in [9.17, 15) is 4.79 Å². The maximum Gasteiger partial charge on any atom is 0.264 e. The van der Waals surface area contributed by atoms with Crippen molar-refractivity contribution in [1.29, 1.82) is 0 Å². The molecule has 5 heteroatoms. The quantitative estimate of drug-likeness (QED) is 0.540. The number of aliphatic hydroxyl groups excluding tert-OH is 1. The molecule has 1 aromatic heterocycles. The molecule has 0 saturated carbocycles. The van der Waals surface area contributed by atoms with Crippen LogP contribution in [0.2, 0.25) is 0 Å². The number of piperidine rings is 1. The second-order valence-corrected chi connectivity index (χ2v) is 3.08. The largest absolute Gasteiger partial charge is 0.379 e. The molecule has 0 bridgehead atoms. The van der Waals surface area contributed by atoms with Crippen molar-refractivity contribution in [2.45, 2.75) is 25.5 Å². The summed E-state index contributed by atoms with van der Waals surface area (Å²) in [5.74, 6) is 0. The molecule has 0 radical (unpaired) electrons. The number of aliphatic hydroxyl groups is 1. The molecule has 2 rings (SSSR count). The summed E-state index contributed by atoms with van der Waals surface area (Å²) in [4.78, 5) is 10.2. The Labute approximate surface area is 82.2 Å². The van der Waals surface area contributed by atoms with Gasteiger partial charge in [-0.05, 0) is 31.9 Å². The first kappa shape index (κ1) is 10.9. The van der Waals surface area contributed by atoms with Gasteiger partial charge in [0.2, 0.25) is 0 Å². The smallest absolute Gasteiger partial charge is 0.264 e. The summed E-state index contributed by atoms with van der Waals surface area (Å²) in [6.07, 6.45) is 4.63. The number of aromatic nitrogens is 2. The zero-order chi connectivity index (χ0) is 10.2. The fraction of sp³-hybridized carbons (Fsp3) is 0.556. The van der Waals surface area contributed by atoms with E-state index in [0.29, 0.717) is 0 Å². The highest BCUT2D eigenvalue weighted by atomic mass is 16.3. The fourth-order valence-corrected chi connectivity index (χ4v) is 1.15. The van der Waals surface area contributed by atoms with Crippen molar-refractivity contribution in [3.63, 3.8) is 0 Å². The first-order chi connectivity index (χ1) is 6.79. The molecule has 0 amide bonds. The summed E-state index contributed by atoms with van der Waals surface area (Å²) < 4.78 is 0. The standard InChI is InChI=1S/C5H11NO.C4H4N2O/c7-5-3-1-2-4-6-5;7-4-2-1-3-5-6-4/h5-7H,1-4H2;1-3H,(H,6,7). The van der Waals surface area contributed by atoms with E-state index >= 15 is 0 Å². The highest BCUT2D eigenvalue weighted by Gasteiger charge is 2.06. The van der Waals surface area contributed by atoms with Gasteiger partial charge >= 0.3 is 0 Å². The second-order valence-electron chi connectivity index (χ2n) is 3.08. The number of nitrogens with zero attached hydrogens (tertiary/aromatic N) is 1. The summed E-state index contributed by atoms with van der Waals surface area (Å²) in [6.45, 7) is 0.987. The third-order valence-electron chi connectivity index (χ3n) is 1.87. The topological polar surface area (TPSA) is 78.0 Å². The van der Waals surface area contributed by atoms with Gasteiger partial charge in [0.25, 0.3) is 5.56 Å². The zero-order valence-corrected chi connectivity index (χ0v) is 7.94. The minimum absolute atomic E-state index is 0.164. The van der Waals surface area contributed by atoms with E-state index in [1.807, 2.05) is 0 Å². The van der Waals surface area contributed by atoms with E-state index in [1.165, 1.54) is 25.1 Å². The summed E-state index contributed by atoms with van der Waals surface area (Å²) >= 11 is 0. The molecule has 2 heterocycles. The Hall–Kier alpha value is -1.20. The van der Waals surface area contributed by atoms with Crippen LogP contribution >= 0.6 is 0 Å². The number of rotatable bonds is 0. The molecule has 1 fully saturated rings. The van der Waals surface area contributed by atoms with Gasteiger partial charge in [0.1, 0.15) is 6.23 Å². The average Bonchev–Trinajstić information content (AvgIpc) is 2.21. The number of hydrogen-bond acceptors (Lipinski definition) is 4. The molecule has 1 aliphatic rings. The van der Waals surface area contributed by atoms with Crippen LogP contribution in [0.3, 0.4) is 0 Å². The summed E-state index contributed by atoms with van der Waals surface area (Å²) in [6, 6.07) is 2.99. The molecule has 0 spiro atoms. The van der Waals surface area contributed by atoms with E-state index in [0.717, 1.165) is 13.0 Å². The predicted molar refractivity (Wildman–Crippen MR) is 52.7 cm³/mol. The van der Waals surface area contributed by atoms with Crippen molar-refractivity contribution in [2.75, 3.05) is 6.54 Å². The van der Waals surface area contributed by atoms with Crippen LogP contribution in [0.1, 0.15) is 19.3 Å². The minimum Gasteiger partial charge on any atom is -0.379 e. The van der Waals surface area contributed by atoms with Crippen LogP contribution in [0, 0.1) is 0 Å². The van der Waals surface area contributed by atoms with Gasteiger partial charge in [0.15, 0.2) is 0 Å². The third-order valence-corrected chi connectivity index (χ3v) is 1.87. The Bertz CT molecular complexity index is 277. The molecule has 1 unspecified atom stereocenters. The zero-order valence-electron chi connectivity index (χ0n) is 7.94. The molecule has 3 N–H and O–H groups in total. The van der Waals surface area contributed by atoms with Crippen molar-refractivity contribution in [3.05, 3.63) is 28.7 Å². The van der Waals surface area contributed by atoms with Gasteiger partial charge in [-0.3, -0.25) is 10.1 Å². The van der Waals surface area contributed by atoms with Gasteiger partial charge in [-0.1, -0.05) is 0 Å². The SMILES string of the molecule is O=c1cccn[nH]1.OC1CCCCN1. The highest BCUT2D eigenvalue weighted by molar-refractivity contribution is 4.81. The van der Waals surface area contributed by atoms with Gasteiger partial charge in [0, 0.05) is 12.3 Å². The van der Waals surface area contributed by atoms with Crippen molar-refractivity contribution in [3.8, 4) is 0 Å². The monoisotopic (exact) mass is 197 g/mol.